The van der Waals surface area contributed by atoms with E-state index >= 15 is 0 Å². The molecule has 5 heteroatoms. The van der Waals surface area contributed by atoms with Gasteiger partial charge in [-0.3, -0.25) is 11.3 Å². The van der Waals surface area contributed by atoms with Gasteiger partial charge >= 0.3 is 0 Å². The van der Waals surface area contributed by atoms with Crippen molar-refractivity contribution in [2.75, 3.05) is 26.9 Å². The largest absolute Gasteiger partial charge is 0.490 e. The van der Waals surface area contributed by atoms with Crippen molar-refractivity contribution in [3.8, 4) is 5.75 Å². The van der Waals surface area contributed by atoms with E-state index in [4.69, 9.17) is 20.1 Å². The predicted octanol–water partition coefficient (Wildman–Crippen LogP) is 1.79. The molecule has 0 aromatic heterocycles. The number of hydrogen-bond donors (Lipinski definition) is 2. The molecule has 2 rings (SSSR count). The van der Waals surface area contributed by atoms with Crippen molar-refractivity contribution < 1.29 is 14.2 Å². The molecular weight excluding hydrogens is 256 g/mol. The Morgan fingerprint density at radius 1 is 1.20 bits per heavy atom. The van der Waals surface area contributed by atoms with E-state index in [1.165, 1.54) is 12.8 Å². The lowest BCUT2D eigenvalue weighted by atomic mass is 10.0. The second-order valence-corrected chi connectivity index (χ2v) is 5.00. The van der Waals surface area contributed by atoms with E-state index in [1.807, 2.05) is 12.1 Å². The summed E-state index contributed by atoms with van der Waals surface area (Å²) in [5.74, 6) is 6.55. The Hall–Kier alpha value is -1.14. The number of benzene rings is 1. The van der Waals surface area contributed by atoms with E-state index in [0.29, 0.717) is 25.9 Å². The monoisotopic (exact) mass is 280 g/mol. The average molecular weight is 280 g/mol. The Kier molecular flexibility index (Phi) is 6.26. The summed E-state index contributed by atoms with van der Waals surface area (Å²) < 4.78 is 16.1. The number of hydrogen-bond acceptors (Lipinski definition) is 5. The molecule has 0 spiro atoms. The maximum atomic E-state index is 5.73. The highest BCUT2D eigenvalue weighted by molar-refractivity contribution is 5.29. The summed E-state index contributed by atoms with van der Waals surface area (Å²) in [6.07, 6.45) is 3.60. The van der Waals surface area contributed by atoms with Gasteiger partial charge in [0.1, 0.15) is 5.75 Å². The molecule has 1 aliphatic rings. The van der Waals surface area contributed by atoms with Crippen molar-refractivity contribution >= 4 is 0 Å². The Balaban J connectivity index is 1.77. The van der Waals surface area contributed by atoms with Crippen LogP contribution in [0.2, 0.25) is 0 Å². The van der Waals surface area contributed by atoms with Gasteiger partial charge < -0.3 is 14.2 Å². The first-order chi connectivity index (χ1) is 9.83. The zero-order valence-electron chi connectivity index (χ0n) is 12.0. The van der Waals surface area contributed by atoms with Crippen molar-refractivity contribution in [3.05, 3.63) is 29.8 Å². The summed E-state index contributed by atoms with van der Waals surface area (Å²) in [5.41, 5.74) is 3.97. The Bertz CT molecular complexity index is 379. The van der Waals surface area contributed by atoms with Crippen LogP contribution in [-0.2, 0) is 9.47 Å². The maximum absolute atomic E-state index is 5.73. The van der Waals surface area contributed by atoms with Crippen LogP contribution in [0.25, 0.3) is 0 Å². The molecule has 0 amide bonds. The van der Waals surface area contributed by atoms with Gasteiger partial charge in [0, 0.05) is 19.8 Å². The highest BCUT2D eigenvalue weighted by Crippen LogP contribution is 2.27. The summed E-state index contributed by atoms with van der Waals surface area (Å²) in [6, 6.07) is 8.20. The van der Waals surface area contributed by atoms with Gasteiger partial charge in [0.15, 0.2) is 0 Å². The van der Waals surface area contributed by atoms with Crippen molar-refractivity contribution in [3.63, 3.8) is 0 Å². The van der Waals surface area contributed by atoms with Crippen molar-refractivity contribution in [1.29, 1.82) is 0 Å². The molecule has 0 heterocycles. The molecule has 1 fully saturated rings. The van der Waals surface area contributed by atoms with Crippen LogP contribution < -0.4 is 16.0 Å². The molecule has 20 heavy (non-hydrogen) atoms. The Morgan fingerprint density at radius 2 is 1.95 bits per heavy atom. The minimum atomic E-state index is 0.0903. The minimum absolute atomic E-state index is 0.0903. The van der Waals surface area contributed by atoms with Gasteiger partial charge in [-0.05, 0) is 37.0 Å². The lowest BCUT2D eigenvalue weighted by molar-refractivity contribution is 0.0657. The quantitative estimate of drug-likeness (QED) is 0.388. The van der Waals surface area contributed by atoms with Crippen LogP contribution in [0.3, 0.4) is 0 Å². The van der Waals surface area contributed by atoms with Crippen molar-refractivity contribution in [2.24, 2.45) is 5.84 Å². The SMILES string of the molecule is COCCOCCC(NN)c1ccc(OC2CC2)cc1. The van der Waals surface area contributed by atoms with Gasteiger partial charge in [0.25, 0.3) is 0 Å². The third-order valence-electron chi connectivity index (χ3n) is 3.29. The topological polar surface area (TPSA) is 65.7 Å². The van der Waals surface area contributed by atoms with Crippen molar-refractivity contribution in [1.82, 2.24) is 5.43 Å². The lowest BCUT2D eigenvalue weighted by Gasteiger charge is -2.17. The summed E-state index contributed by atoms with van der Waals surface area (Å²) in [6.45, 7) is 1.88. The maximum Gasteiger partial charge on any atom is 0.119 e. The first-order valence-electron chi connectivity index (χ1n) is 7.13. The van der Waals surface area contributed by atoms with Crippen LogP contribution >= 0.6 is 0 Å². The van der Waals surface area contributed by atoms with Crippen LogP contribution in [0.15, 0.2) is 24.3 Å². The van der Waals surface area contributed by atoms with E-state index in [2.05, 4.69) is 17.6 Å². The number of hydrazine groups is 1. The smallest absolute Gasteiger partial charge is 0.119 e. The normalized spacial score (nSPS) is 16.1. The molecule has 1 atom stereocenters. The van der Waals surface area contributed by atoms with Gasteiger partial charge in [0.05, 0.1) is 19.3 Å². The molecule has 112 valence electrons. The average Bonchev–Trinajstić information content (AvgIpc) is 3.28. The van der Waals surface area contributed by atoms with Gasteiger partial charge in [-0.25, -0.2) is 0 Å². The number of nitrogens with one attached hydrogen (secondary N) is 1. The molecule has 1 aliphatic carbocycles. The molecule has 5 nitrogen and oxygen atoms in total. The van der Waals surface area contributed by atoms with E-state index < -0.39 is 0 Å². The first-order valence-corrected chi connectivity index (χ1v) is 7.13. The molecule has 3 N–H and O–H groups in total. The van der Waals surface area contributed by atoms with E-state index in [1.54, 1.807) is 7.11 Å². The molecule has 1 aromatic carbocycles. The number of methoxy groups -OCH3 is 1. The Morgan fingerprint density at radius 3 is 2.55 bits per heavy atom. The van der Waals surface area contributed by atoms with Crippen LogP contribution in [0.4, 0.5) is 0 Å². The first kappa shape index (κ1) is 15.3. The van der Waals surface area contributed by atoms with Gasteiger partial charge in [-0.1, -0.05) is 12.1 Å². The third kappa shape index (κ3) is 5.09. The molecule has 0 saturated heterocycles. The fourth-order valence-electron chi connectivity index (χ4n) is 1.95. The Labute approximate surface area is 120 Å². The number of nitrogens with two attached hydrogens (primary N) is 1. The summed E-state index contributed by atoms with van der Waals surface area (Å²) in [7, 11) is 1.67. The number of rotatable bonds is 10. The molecule has 1 aromatic rings. The molecule has 1 unspecified atom stereocenters. The third-order valence-corrected chi connectivity index (χ3v) is 3.29. The van der Waals surface area contributed by atoms with E-state index in [-0.39, 0.29) is 6.04 Å². The van der Waals surface area contributed by atoms with Crippen LogP contribution in [-0.4, -0.2) is 33.0 Å². The second-order valence-electron chi connectivity index (χ2n) is 5.00. The fourth-order valence-corrected chi connectivity index (χ4v) is 1.95. The van der Waals surface area contributed by atoms with Crippen molar-refractivity contribution in [2.45, 2.75) is 31.4 Å². The number of ether oxygens (including phenoxy) is 3. The zero-order valence-corrected chi connectivity index (χ0v) is 12.0. The summed E-state index contributed by atoms with van der Waals surface area (Å²) in [4.78, 5) is 0. The van der Waals surface area contributed by atoms with Crippen LogP contribution in [0, 0.1) is 0 Å². The molecule has 0 bridgehead atoms. The van der Waals surface area contributed by atoms with Crippen LogP contribution in [0.5, 0.6) is 5.75 Å². The van der Waals surface area contributed by atoms with Crippen LogP contribution in [0.1, 0.15) is 30.9 Å². The van der Waals surface area contributed by atoms with Gasteiger partial charge in [0.2, 0.25) is 0 Å². The zero-order chi connectivity index (χ0) is 14.2. The van der Waals surface area contributed by atoms with Gasteiger partial charge in [-0.2, -0.15) is 0 Å². The fraction of sp³-hybridized carbons (Fsp3) is 0.600. The standard InChI is InChI=1S/C15H24N2O3/c1-18-10-11-19-9-8-15(17-16)12-2-4-13(5-3-12)20-14-6-7-14/h2-5,14-15,17H,6-11,16H2,1H3. The molecular formula is C15H24N2O3. The second kappa shape index (κ2) is 8.21. The van der Waals surface area contributed by atoms with Gasteiger partial charge in [-0.15, -0.1) is 0 Å². The van der Waals surface area contributed by atoms with E-state index in [9.17, 15) is 0 Å². The molecule has 0 radical (unpaired) electrons. The highest BCUT2D eigenvalue weighted by atomic mass is 16.5. The predicted molar refractivity (Wildman–Crippen MR) is 77.5 cm³/mol. The molecule has 1 saturated carbocycles. The lowest BCUT2D eigenvalue weighted by Crippen LogP contribution is -2.29. The minimum Gasteiger partial charge on any atom is -0.490 e. The highest BCUT2D eigenvalue weighted by Gasteiger charge is 2.23. The summed E-state index contributed by atoms with van der Waals surface area (Å²) >= 11 is 0. The summed E-state index contributed by atoms with van der Waals surface area (Å²) in [5, 5.41) is 0. The van der Waals surface area contributed by atoms with E-state index in [0.717, 1.165) is 17.7 Å². The molecule has 0 aliphatic heterocycles.